The lowest BCUT2D eigenvalue weighted by atomic mass is 10.1. The van der Waals surface area contributed by atoms with Crippen molar-refractivity contribution in [3.63, 3.8) is 0 Å². The number of pyridine rings is 1. The largest absolute Gasteiger partial charge is 0.349 e. The molecule has 1 aliphatic heterocycles. The third-order valence-corrected chi connectivity index (χ3v) is 3.76. The van der Waals surface area contributed by atoms with Crippen LogP contribution in [0, 0.1) is 6.92 Å². The molecule has 0 saturated heterocycles. The van der Waals surface area contributed by atoms with Gasteiger partial charge in [-0.3, -0.25) is 4.79 Å². The molecule has 5 heteroatoms. The van der Waals surface area contributed by atoms with Crippen LogP contribution in [0.5, 0.6) is 0 Å². The van der Waals surface area contributed by atoms with Crippen molar-refractivity contribution >= 4 is 16.9 Å². The van der Waals surface area contributed by atoms with Crippen molar-refractivity contribution in [2.24, 2.45) is 0 Å². The van der Waals surface area contributed by atoms with Crippen LogP contribution in [-0.2, 0) is 6.54 Å². The van der Waals surface area contributed by atoms with Gasteiger partial charge < -0.3 is 14.9 Å². The molecule has 2 N–H and O–H groups in total. The van der Waals surface area contributed by atoms with Crippen molar-refractivity contribution < 1.29 is 4.79 Å². The van der Waals surface area contributed by atoms with Crippen molar-refractivity contribution in [1.29, 1.82) is 0 Å². The number of carbonyl (C=O) groups excluding carboxylic acids is 1. The lowest BCUT2D eigenvalue weighted by molar-refractivity contribution is 0.0928. The maximum Gasteiger partial charge on any atom is 0.267 e. The van der Waals surface area contributed by atoms with Crippen LogP contribution in [-0.4, -0.2) is 27.0 Å². The van der Waals surface area contributed by atoms with Crippen molar-refractivity contribution in [3.8, 4) is 11.1 Å². The minimum atomic E-state index is -0.00342. The Morgan fingerprint density at radius 3 is 3.10 bits per heavy atom. The van der Waals surface area contributed by atoms with Crippen LogP contribution < -0.4 is 5.32 Å². The number of nitrogens with one attached hydrogen (secondary N) is 2. The summed E-state index contributed by atoms with van der Waals surface area (Å²) < 4.78 is 2.01. The summed E-state index contributed by atoms with van der Waals surface area (Å²) in [6, 6.07) is 6.01. The average molecular weight is 266 g/mol. The van der Waals surface area contributed by atoms with Crippen molar-refractivity contribution in [2.45, 2.75) is 13.5 Å². The number of aryl methyl sites for hydroxylation is 1. The molecule has 0 radical (unpaired) electrons. The van der Waals surface area contributed by atoms with E-state index in [9.17, 15) is 4.79 Å². The number of hydrogen-bond donors (Lipinski definition) is 2. The Hall–Kier alpha value is -2.56. The van der Waals surface area contributed by atoms with Gasteiger partial charge in [-0.15, -0.1) is 0 Å². The lowest BCUT2D eigenvalue weighted by Crippen LogP contribution is -2.34. The highest BCUT2D eigenvalue weighted by Crippen LogP contribution is 2.30. The molecule has 1 aliphatic rings. The Morgan fingerprint density at radius 2 is 2.25 bits per heavy atom. The number of aromatic amines is 1. The number of fused-ring (bicyclic) bond motifs is 2. The van der Waals surface area contributed by atoms with Crippen LogP contribution in [0.3, 0.4) is 0 Å². The quantitative estimate of drug-likeness (QED) is 0.708. The minimum absolute atomic E-state index is 0.00342. The smallest absolute Gasteiger partial charge is 0.267 e. The van der Waals surface area contributed by atoms with Gasteiger partial charge in [0.05, 0.1) is 0 Å². The zero-order valence-corrected chi connectivity index (χ0v) is 11.1. The highest BCUT2D eigenvalue weighted by atomic mass is 16.2. The zero-order chi connectivity index (χ0) is 13.7. The molecule has 0 unspecified atom stereocenters. The van der Waals surface area contributed by atoms with E-state index in [1.165, 1.54) is 0 Å². The van der Waals surface area contributed by atoms with Gasteiger partial charge in [-0.1, -0.05) is 0 Å². The van der Waals surface area contributed by atoms with Gasteiger partial charge in [-0.25, -0.2) is 4.98 Å². The molecule has 20 heavy (non-hydrogen) atoms. The summed E-state index contributed by atoms with van der Waals surface area (Å²) >= 11 is 0. The molecule has 100 valence electrons. The minimum Gasteiger partial charge on any atom is -0.349 e. The van der Waals surface area contributed by atoms with Crippen LogP contribution in [0.1, 0.15) is 16.2 Å². The molecule has 0 aliphatic carbocycles. The molecular formula is C15H14N4O. The Kier molecular flexibility index (Phi) is 2.24. The van der Waals surface area contributed by atoms with Crippen molar-refractivity contribution in [2.75, 3.05) is 6.54 Å². The number of amides is 1. The average Bonchev–Trinajstić information content (AvgIpc) is 3.02. The van der Waals surface area contributed by atoms with Crippen LogP contribution in [0.15, 0.2) is 30.6 Å². The fourth-order valence-electron chi connectivity index (χ4n) is 2.75. The van der Waals surface area contributed by atoms with E-state index in [4.69, 9.17) is 0 Å². The van der Waals surface area contributed by atoms with Crippen LogP contribution >= 0.6 is 0 Å². The SMILES string of the molecule is Cc1ccc2c(-c3cc4n(c3)CCNC4=O)c[nH]c2n1. The number of H-pyrrole nitrogens is 1. The highest BCUT2D eigenvalue weighted by Gasteiger charge is 2.19. The molecular weight excluding hydrogens is 252 g/mol. The first-order chi connectivity index (χ1) is 9.72. The molecule has 0 spiro atoms. The monoisotopic (exact) mass is 266 g/mol. The predicted molar refractivity (Wildman–Crippen MR) is 76.6 cm³/mol. The second-order valence-corrected chi connectivity index (χ2v) is 5.11. The number of aromatic nitrogens is 3. The molecule has 4 heterocycles. The number of hydrogen-bond acceptors (Lipinski definition) is 2. The fraction of sp³-hybridized carbons (Fsp3) is 0.200. The Bertz CT molecular complexity index is 828. The van der Waals surface area contributed by atoms with E-state index in [-0.39, 0.29) is 5.91 Å². The molecule has 0 aromatic carbocycles. The van der Waals surface area contributed by atoms with Gasteiger partial charge in [0.1, 0.15) is 11.3 Å². The van der Waals surface area contributed by atoms with E-state index in [0.717, 1.165) is 40.1 Å². The van der Waals surface area contributed by atoms with Gasteiger partial charge in [-0.2, -0.15) is 0 Å². The number of nitrogens with zero attached hydrogens (tertiary/aromatic N) is 2. The van der Waals surface area contributed by atoms with Crippen LogP contribution in [0.4, 0.5) is 0 Å². The summed E-state index contributed by atoms with van der Waals surface area (Å²) in [6.45, 7) is 3.48. The molecule has 3 aromatic heterocycles. The molecule has 0 bridgehead atoms. The number of rotatable bonds is 1. The number of carbonyl (C=O) groups is 1. The Labute approximate surface area is 115 Å². The first kappa shape index (κ1) is 11.3. The van der Waals surface area contributed by atoms with E-state index in [1.807, 2.05) is 36.0 Å². The van der Waals surface area contributed by atoms with Crippen LogP contribution in [0.2, 0.25) is 0 Å². The van der Waals surface area contributed by atoms with Gasteiger partial charge in [-0.05, 0) is 25.1 Å². The van der Waals surface area contributed by atoms with E-state index in [1.54, 1.807) is 0 Å². The third-order valence-electron chi connectivity index (χ3n) is 3.76. The molecule has 4 rings (SSSR count). The summed E-state index contributed by atoms with van der Waals surface area (Å²) in [7, 11) is 0. The summed E-state index contributed by atoms with van der Waals surface area (Å²) in [4.78, 5) is 19.5. The summed E-state index contributed by atoms with van der Waals surface area (Å²) in [5.41, 5.74) is 4.73. The maximum atomic E-state index is 11.8. The molecule has 0 saturated carbocycles. The molecule has 5 nitrogen and oxygen atoms in total. The summed E-state index contributed by atoms with van der Waals surface area (Å²) in [5.74, 6) is -0.00342. The van der Waals surface area contributed by atoms with Gasteiger partial charge in [0.2, 0.25) is 0 Å². The third kappa shape index (κ3) is 1.56. The lowest BCUT2D eigenvalue weighted by Gasteiger charge is -2.14. The summed E-state index contributed by atoms with van der Waals surface area (Å²) in [6.07, 6.45) is 3.99. The molecule has 0 atom stereocenters. The standard InChI is InChI=1S/C15H14N4O/c1-9-2-3-11-12(7-17-14(11)18-9)10-6-13-15(20)16-4-5-19(13)8-10/h2-3,6-8H,4-5H2,1H3,(H,16,20)(H,17,18). The maximum absolute atomic E-state index is 11.8. The first-order valence-electron chi connectivity index (χ1n) is 6.66. The Morgan fingerprint density at radius 1 is 1.35 bits per heavy atom. The Balaban J connectivity index is 1.89. The normalized spacial score (nSPS) is 14.3. The second kappa shape index (κ2) is 3.96. The van der Waals surface area contributed by atoms with Gasteiger partial charge >= 0.3 is 0 Å². The fourth-order valence-corrected chi connectivity index (χ4v) is 2.75. The molecule has 1 amide bonds. The van der Waals surface area contributed by atoms with E-state index >= 15 is 0 Å². The highest BCUT2D eigenvalue weighted by molar-refractivity contribution is 5.98. The topological polar surface area (TPSA) is 62.7 Å². The van der Waals surface area contributed by atoms with Gasteiger partial charge in [0.25, 0.3) is 5.91 Å². The van der Waals surface area contributed by atoms with Crippen molar-refractivity contribution in [1.82, 2.24) is 19.9 Å². The van der Waals surface area contributed by atoms with Gasteiger partial charge in [0, 0.05) is 47.7 Å². The zero-order valence-electron chi connectivity index (χ0n) is 11.1. The van der Waals surface area contributed by atoms with E-state index in [0.29, 0.717) is 6.54 Å². The summed E-state index contributed by atoms with van der Waals surface area (Å²) in [5, 5.41) is 3.94. The molecule has 0 fully saturated rings. The first-order valence-corrected chi connectivity index (χ1v) is 6.66. The van der Waals surface area contributed by atoms with E-state index in [2.05, 4.69) is 21.4 Å². The van der Waals surface area contributed by atoms with Crippen molar-refractivity contribution in [3.05, 3.63) is 42.0 Å². The second-order valence-electron chi connectivity index (χ2n) is 5.11. The van der Waals surface area contributed by atoms with E-state index < -0.39 is 0 Å². The molecule has 3 aromatic rings. The predicted octanol–water partition coefficient (Wildman–Crippen LogP) is 2.08. The van der Waals surface area contributed by atoms with Gasteiger partial charge in [0.15, 0.2) is 0 Å². The van der Waals surface area contributed by atoms with Crippen LogP contribution in [0.25, 0.3) is 22.2 Å².